The molecule has 2 N–H and O–H groups in total. The minimum Gasteiger partial charge on any atom is -0.323 e. The van der Waals surface area contributed by atoms with Crippen LogP contribution in [0.5, 0.6) is 0 Å². The molecule has 0 aromatic heterocycles. The molecule has 0 radical (unpaired) electrons. The van der Waals surface area contributed by atoms with E-state index in [0.29, 0.717) is 12.1 Å². The maximum absolute atomic E-state index is 14.7. The van der Waals surface area contributed by atoms with Crippen LogP contribution in [-0.4, -0.2) is 16.8 Å². The fourth-order valence-corrected chi connectivity index (χ4v) is 4.25. The summed E-state index contributed by atoms with van der Waals surface area (Å²) >= 11 is 18.3. The second kappa shape index (κ2) is 8.72. The number of nitrogens with one attached hydrogen (secondary N) is 2. The summed E-state index contributed by atoms with van der Waals surface area (Å²) in [5.41, 5.74) is 0.152. The van der Waals surface area contributed by atoms with Gasteiger partial charge in [-0.05, 0) is 42.8 Å². The molecule has 2 atom stereocenters. The van der Waals surface area contributed by atoms with Crippen molar-refractivity contribution in [1.29, 1.82) is 0 Å². The monoisotopic (exact) mass is 464 g/mol. The molecule has 9 heteroatoms. The number of hydrogen-bond acceptors (Lipinski definition) is 2. The van der Waals surface area contributed by atoms with E-state index in [1.807, 2.05) is 6.92 Å². The highest BCUT2D eigenvalue weighted by atomic mass is 35.5. The number of benzene rings is 2. The van der Waals surface area contributed by atoms with E-state index in [1.165, 1.54) is 12.1 Å². The van der Waals surface area contributed by atoms with Gasteiger partial charge in [0, 0.05) is 18.0 Å². The van der Waals surface area contributed by atoms with E-state index in [0.717, 1.165) is 24.6 Å². The van der Waals surface area contributed by atoms with Gasteiger partial charge in [-0.2, -0.15) is 0 Å². The molecule has 1 fully saturated rings. The summed E-state index contributed by atoms with van der Waals surface area (Å²) < 4.78 is 40.6. The Hall–Kier alpha value is -1.47. The van der Waals surface area contributed by atoms with Crippen molar-refractivity contribution in [3.8, 4) is 0 Å². The van der Waals surface area contributed by atoms with Crippen LogP contribution in [0.1, 0.15) is 30.4 Å². The van der Waals surface area contributed by atoms with Crippen LogP contribution in [0.15, 0.2) is 30.3 Å². The van der Waals surface area contributed by atoms with Crippen LogP contribution in [0, 0.1) is 23.4 Å². The van der Waals surface area contributed by atoms with E-state index in [4.69, 9.17) is 34.8 Å². The molecule has 29 heavy (non-hydrogen) atoms. The Balaban J connectivity index is 1.78. The Morgan fingerprint density at radius 3 is 2.48 bits per heavy atom. The van der Waals surface area contributed by atoms with Crippen molar-refractivity contribution in [3.63, 3.8) is 0 Å². The molecule has 2 aromatic rings. The zero-order valence-electron chi connectivity index (χ0n) is 15.3. The van der Waals surface area contributed by atoms with Crippen LogP contribution in [0.3, 0.4) is 0 Å². The highest BCUT2D eigenvalue weighted by Crippen LogP contribution is 2.65. The fourth-order valence-electron chi connectivity index (χ4n) is 3.23. The van der Waals surface area contributed by atoms with Crippen LogP contribution < -0.4 is 10.6 Å². The van der Waals surface area contributed by atoms with Gasteiger partial charge in [-0.25, -0.2) is 13.2 Å². The van der Waals surface area contributed by atoms with E-state index < -0.39 is 39.5 Å². The highest BCUT2D eigenvalue weighted by molar-refractivity contribution is 6.53. The van der Waals surface area contributed by atoms with Gasteiger partial charge in [0.15, 0.2) is 5.82 Å². The predicted molar refractivity (Wildman–Crippen MR) is 109 cm³/mol. The van der Waals surface area contributed by atoms with E-state index >= 15 is 0 Å². The quantitative estimate of drug-likeness (QED) is 0.402. The molecule has 0 spiro atoms. The molecule has 1 aliphatic carbocycles. The number of carbonyl (C=O) groups is 1. The molecule has 0 aliphatic heterocycles. The third kappa shape index (κ3) is 4.50. The Morgan fingerprint density at radius 2 is 1.83 bits per heavy atom. The molecule has 1 aliphatic rings. The average Bonchev–Trinajstić information content (AvgIpc) is 3.25. The lowest BCUT2D eigenvalue weighted by Crippen LogP contribution is -2.20. The molecule has 3 rings (SSSR count). The van der Waals surface area contributed by atoms with Crippen molar-refractivity contribution in [3.05, 3.63) is 63.9 Å². The molecule has 1 saturated carbocycles. The van der Waals surface area contributed by atoms with E-state index in [2.05, 4.69) is 10.6 Å². The van der Waals surface area contributed by atoms with Crippen molar-refractivity contribution in [1.82, 2.24) is 5.32 Å². The van der Waals surface area contributed by atoms with Crippen molar-refractivity contribution in [2.45, 2.75) is 30.1 Å². The summed E-state index contributed by atoms with van der Waals surface area (Å²) in [4.78, 5) is 12.7. The summed E-state index contributed by atoms with van der Waals surface area (Å²) in [5, 5.41) is 5.23. The third-order valence-corrected chi connectivity index (χ3v) is 6.04. The van der Waals surface area contributed by atoms with Gasteiger partial charge in [0.1, 0.15) is 16.0 Å². The Kier molecular flexibility index (Phi) is 6.68. The molecular formula is C20H18Cl3F3N2O. The number of anilines is 1. The lowest BCUT2D eigenvalue weighted by atomic mass is 10.1. The first-order chi connectivity index (χ1) is 13.7. The number of alkyl halides is 2. The number of hydrogen-bond donors (Lipinski definition) is 2. The van der Waals surface area contributed by atoms with Gasteiger partial charge >= 0.3 is 0 Å². The smallest absolute Gasteiger partial charge is 0.231 e. The van der Waals surface area contributed by atoms with E-state index in [9.17, 15) is 18.0 Å². The maximum atomic E-state index is 14.7. The van der Waals surface area contributed by atoms with Crippen LogP contribution in [0.2, 0.25) is 5.02 Å². The van der Waals surface area contributed by atoms with Crippen LogP contribution in [0.25, 0.3) is 0 Å². The first-order valence-corrected chi connectivity index (χ1v) is 10.1. The van der Waals surface area contributed by atoms with E-state index in [1.54, 1.807) is 0 Å². The van der Waals surface area contributed by atoms with Gasteiger partial charge in [-0.3, -0.25) is 4.79 Å². The molecular weight excluding hydrogens is 448 g/mol. The minimum absolute atomic E-state index is 0.00962. The zero-order chi connectivity index (χ0) is 21.3. The normalized spacial score (nSPS) is 19.8. The first-order valence-electron chi connectivity index (χ1n) is 8.99. The van der Waals surface area contributed by atoms with Gasteiger partial charge in [0.25, 0.3) is 0 Å². The second-order valence-corrected chi connectivity index (χ2v) is 8.71. The summed E-state index contributed by atoms with van der Waals surface area (Å²) in [6.07, 6.45) is 0.809. The molecule has 2 aromatic carbocycles. The summed E-state index contributed by atoms with van der Waals surface area (Å²) in [7, 11) is 0. The Morgan fingerprint density at radius 1 is 1.14 bits per heavy atom. The summed E-state index contributed by atoms with van der Waals surface area (Å²) in [5.74, 6) is -4.35. The van der Waals surface area contributed by atoms with E-state index in [-0.39, 0.29) is 22.8 Å². The van der Waals surface area contributed by atoms with Crippen molar-refractivity contribution in [2.75, 3.05) is 11.9 Å². The molecule has 0 unspecified atom stereocenters. The maximum Gasteiger partial charge on any atom is 0.231 e. The third-order valence-electron chi connectivity index (χ3n) is 4.81. The van der Waals surface area contributed by atoms with Crippen molar-refractivity contribution < 1.29 is 18.0 Å². The largest absolute Gasteiger partial charge is 0.323 e. The molecule has 0 saturated heterocycles. The first kappa shape index (κ1) is 22.2. The number of amides is 1. The number of halogens is 6. The zero-order valence-corrected chi connectivity index (χ0v) is 17.6. The molecule has 156 valence electrons. The van der Waals surface area contributed by atoms with Gasteiger partial charge in [0.05, 0.1) is 16.6 Å². The SMILES string of the molecule is CCCNCc1c(F)ccc(NC(=O)[C@H]2[C@H](c3ccc(F)c(Cl)c3)C2(Cl)Cl)c1F. The standard InChI is InChI=1S/C20H18Cl3F3N2O/c1-2-7-27-9-11-13(24)5-6-15(18(11)26)28-19(29)17-16(20(17,22)23)10-3-4-14(25)12(21)8-10/h3-6,8,16-17,27H,2,7,9H2,1H3,(H,28,29)/t16-,17+/m0/s1. The number of carbonyl (C=O) groups excluding carboxylic acids is 1. The topological polar surface area (TPSA) is 41.1 Å². The Bertz CT molecular complexity index is 939. The lowest BCUT2D eigenvalue weighted by Gasteiger charge is -2.12. The van der Waals surface area contributed by atoms with Gasteiger partial charge in [-0.15, -0.1) is 23.2 Å². The van der Waals surface area contributed by atoms with Crippen molar-refractivity contribution >= 4 is 46.4 Å². The van der Waals surface area contributed by atoms with Gasteiger partial charge < -0.3 is 10.6 Å². The van der Waals surface area contributed by atoms with Crippen molar-refractivity contribution in [2.24, 2.45) is 5.92 Å². The van der Waals surface area contributed by atoms with Gasteiger partial charge in [0.2, 0.25) is 5.91 Å². The van der Waals surface area contributed by atoms with Crippen LogP contribution in [0.4, 0.5) is 18.9 Å². The lowest BCUT2D eigenvalue weighted by molar-refractivity contribution is -0.117. The fraction of sp³-hybridized carbons (Fsp3) is 0.350. The summed E-state index contributed by atoms with van der Waals surface area (Å²) in [6.45, 7) is 2.52. The molecule has 3 nitrogen and oxygen atoms in total. The van der Waals surface area contributed by atoms with Crippen LogP contribution >= 0.6 is 34.8 Å². The number of rotatable bonds is 7. The highest BCUT2D eigenvalue weighted by Gasteiger charge is 2.67. The van der Waals surface area contributed by atoms with Crippen LogP contribution in [-0.2, 0) is 11.3 Å². The minimum atomic E-state index is -1.45. The summed E-state index contributed by atoms with van der Waals surface area (Å²) in [6, 6.07) is 6.17. The Labute approximate surface area is 181 Å². The average molecular weight is 466 g/mol. The predicted octanol–water partition coefficient (Wildman–Crippen LogP) is 5.78. The molecule has 0 bridgehead atoms. The molecule has 1 amide bonds. The van der Waals surface area contributed by atoms with Gasteiger partial charge in [-0.1, -0.05) is 24.6 Å². The molecule has 0 heterocycles. The second-order valence-electron chi connectivity index (χ2n) is 6.86.